The lowest BCUT2D eigenvalue weighted by Gasteiger charge is -2.52. The molecule has 0 aromatic heterocycles. The molecule has 4 fully saturated rings. The van der Waals surface area contributed by atoms with E-state index >= 15 is 0 Å². The molecule has 0 aromatic carbocycles. The van der Waals surface area contributed by atoms with Crippen LogP contribution >= 0.6 is 0 Å². The molecule has 1 saturated carbocycles. The van der Waals surface area contributed by atoms with E-state index in [1.165, 1.54) is 19.3 Å². The molecule has 0 unspecified atom stereocenters. The fourth-order valence-electron chi connectivity index (χ4n) is 5.33. The Bertz CT molecular complexity index is 519. The normalized spacial score (nSPS) is 32.4. The second kappa shape index (κ2) is 7.26. The fourth-order valence-corrected chi connectivity index (χ4v) is 5.33. The molecule has 140 valence electrons. The summed E-state index contributed by atoms with van der Waals surface area (Å²) in [5, 5.41) is 0. The van der Waals surface area contributed by atoms with Crippen molar-refractivity contribution in [3.05, 3.63) is 0 Å². The van der Waals surface area contributed by atoms with Crippen LogP contribution in [0.3, 0.4) is 0 Å². The van der Waals surface area contributed by atoms with Gasteiger partial charge in [-0.15, -0.1) is 0 Å². The first kappa shape index (κ1) is 17.3. The molecule has 0 spiro atoms. The first-order valence-corrected chi connectivity index (χ1v) is 10.4. The topological polar surface area (TPSA) is 43.9 Å². The Hall–Kier alpha value is -1.10. The minimum Gasteiger partial charge on any atom is -0.341 e. The molecular formula is C20H33N3O2. The van der Waals surface area contributed by atoms with Gasteiger partial charge in [-0.2, -0.15) is 0 Å². The molecule has 0 aromatic rings. The van der Waals surface area contributed by atoms with E-state index in [9.17, 15) is 9.59 Å². The number of likely N-dealkylation sites (tertiary alicyclic amines) is 1. The van der Waals surface area contributed by atoms with Crippen molar-refractivity contribution in [2.24, 2.45) is 17.8 Å². The van der Waals surface area contributed by atoms with Crippen molar-refractivity contribution in [2.45, 2.75) is 57.9 Å². The molecule has 3 atom stereocenters. The van der Waals surface area contributed by atoms with Crippen molar-refractivity contribution in [1.29, 1.82) is 0 Å². The van der Waals surface area contributed by atoms with Crippen molar-refractivity contribution >= 4 is 11.8 Å². The Kier molecular flexibility index (Phi) is 5.03. The summed E-state index contributed by atoms with van der Waals surface area (Å²) in [6, 6.07) is 0.439. The van der Waals surface area contributed by atoms with E-state index in [1.807, 2.05) is 0 Å². The summed E-state index contributed by atoms with van der Waals surface area (Å²) in [6.45, 7) is 7.53. The van der Waals surface area contributed by atoms with Gasteiger partial charge in [-0.05, 0) is 56.3 Å². The summed E-state index contributed by atoms with van der Waals surface area (Å²) in [7, 11) is 0. The van der Waals surface area contributed by atoms with Crippen LogP contribution in [0.4, 0.5) is 0 Å². The monoisotopic (exact) mass is 347 g/mol. The molecule has 4 rings (SSSR count). The number of rotatable bonds is 6. The molecule has 3 heterocycles. The predicted molar refractivity (Wildman–Crippen MR) is 97.0 cm³/mol. The molecule has 0 radical (unpaired) electrons. The van der Waals surface area contributed by atoms with E-state index in [1.54, 1.807) is 0 Å². The third kappa shape index (κ3) is 3.86. The first-order valence-electron chi connectivity index (χ1n) is 10.4. The number of carbonyl (C=O) groups is 2. The zero-order valence-electron chi connectivity index (χ0n) is 15.7. The van der Waals surface area contributed by atoms with Crippen LogP contribution in [0.5, 0.6) is 0 Å². The maximum absolute atomic E-state index is 12.8. The van der Waals surface area contributed by atoms with Crippen LogP contribution in [0.1, 0.15) is 51.9 Å². The van der Waals surface area contributed by atoms with E-state index in [0.717, 1.165) is 64.3 Å². The Morgan fingerprint density at radius 1 is 1.20 bits per heavy atom. The summed E-state index contributed by atoms with van der Waals surface area (Å²) in [5.41, 5.74) is 0. The van der Waals surface area contributed by atoms with E-state index in [4.69, 9.17) is 0 Å². The largest absolute Gasteiger partial charge is 0.341 e. The standard InChI is InChI=1S/C20H33N3O2/c1-2-8-22(11-15-6-7-15)20(25)14-21-10-16-9-17(13-21)18-4-3-5-19(24)23(18)12-16/h15-18H,2-14H2,1H3/t16-,17-,18-/m1/s1. The van der Waals surface area contributed by atoms with Crippen LogP contribution in [-0.4, -0.2) is 71.8 Å². The van der Waals surface area contributed by atoms with Crippen molar-refractivity contribution in [1.82, 2.24) is 14.7 Å². The lowest BCUT2D eigenvalue weighted by molar-refractivity contribution is -0.146. The van der Waals surface area contributed by atoms with Crippen molar-refractivity contribution in [2.75, 3.05) is 39.3 Å². The summed E-state index contributed by atoms with van der Waals surface area (Å²) in [5.74, 6) is 2.60. The Morgan fingerprint density at radius 2 is 2.04 bits per heavy atom. The molecule has 0 N–H and O–H groups in total. The van der Waals surface area contributed by atoms with Crippen LogP contribution < -0.4 is 0 Å². The van der Waals surface area contributed by atoms with Crippen LogP contribution in [0.15, 0.2) is 0 Å². The highest BCUT2D eigenvalue weighted by Gasteiger charge is 2.44. The molecule has 5 heteroatoms. The van der Waals surface area contributed by atoms with Gasteiger partial charge in [0.25, 0.3) is 0 Å². The highest BCUT2D eigenvalue weighted by molar-refractivity contribution is 5.78. The first-order chi connectivity index (χ1) is 12.1. The number of hydrogen-bond acceptors (Lipinski definition) is 3. The Morgan fingerprint density at radius 3 is 2.80 bits per heavy atom. The number of fused-ring (bicyclic) bond motifs is 4. The summed E-state index contributed by atoms with van der Waals surface area (Å²) in [4.78, 5) is 31.8. The van der Waals surface area contributed by atoms with Gasteiger partial charge in [0.05, 0.1) is 6.54 Å². The number of carbonyl (C=O) groups excluding carboxylic acids is 2. The van der Waals surface area contributed by atoms with Gasteiger partial charge in [0, 0.05) is 45.2 Å². The van der Waals surface area contributed by atoms with Gasteiger partial charge in [-0.3, -0.25) is 14.5 Å². The second-order valence-corrected chi connectivity index (χ2v) is 8.84. The SMILES string of the molecule is CCCN(CC1CC1)C(=O)CN1C[C@H]2C[C@H](C1)[C@H]1CCCC(=O)N1C2. The summed E-state index contributed by atoms with van der Waals surface area (Å²) in [6.07, 6.45) is 7.84. The molecule has 5 nitrogen and oxygen atoms in total. The maximum atomic E-state index is 12.8. The van der Waals surface area contributed by atoms with Gasteiger partial charge < -0.3 is 9.80 Å². The zero-order chi connectivity index (χ0) is 17.4. The van der Waals surface area contributed by atoms with Gasteiger partial charge in [-0.25, -0.2) is 0 Å². The average molecular weight is 348 g/mol. The van der Waals surface area contributed by atoms with Gasteiger partial charge in [-0.1, -0.05) is 6.92 Å². The third-order valence-electron chi connectivity index (χ3n) is 6.64. The average Bonchev–Trinajstić information content (AvgIpc) is 3.39. The number of piperidine rings is 3. The number of nitrogens with zero attached hydrogens (tertiary/aromatic N) is 3. The third-order valence-corrected chi connectivity index (χ3v) is 6.64. The minimum absolute atomic E-state index is 0.324. The highest BCUT2D eigenvalue weighted by atomic mass is 16.2. The summed E-state index contributed by atoms with van der Waals surface area (Å²) >= 11 is 0. The fraction of sp³-hybridized carbons (Fsp3) is 0.900. The smallest absolute Gasteiger partial charge is 0.236 e. The van der Waals surface area contributed by atoms with Gasteiger partial charge in [0.1, 0.15) is 0 Å². The van der Waals surface area contributed by atoms with E-state index in [2.05, 4.69) is 21.6 Å². The van der Waals surface area contributed by atoms with Gasteiger partial charge >= 0.3 is 0 Å². The minimum atomic E-state index is 0.324. The van der Waals surface area contributed by atoms with E-state index in [0.29, 0.717) is 36.2 Å². The molecule has 3 aliphatic heterocycles. The number of amides is 2. The molecule has 4 aliphatic rings. The zero-order valence-corrected chi connectivity index (χ0v) is 15.7. The van der Waals surface area contributed by atoms with Crippen molar-refractivity contribution in [3.63, 3.8) is 0 Å². The lowest BCUT2D eigenvalue weighted by Crippen LogP contribution is -2.61. The van der Waals surface area contributed by atoms with Crippen molar-refractivity contribution in [3.8, 4) is 0 Å². The molecule has 2 amide bonds. The van der Waals surface area contributed by atoms with Crippen LogP contribution in [0, 0.1) is 17.8 Å². The molecule has 1 aliphatic carbocycles. The number of hydrogen-bond donors (Lipinski definition) is 0. The summed E-state index contributed by atoms with van der Waals surface area (Å²) < 4.78 is 0. The molecule has 25 heavy (non-hydrogen) atoms. The van der Waals surface area contributed by atoms with Gasteiger partial charge in [0.15, 0.2) is 0 Å². The quantitative estimate of drug-likeness (QED) is 0.738. The van der Waals surface area contributed by atoms with E-state index in [-0.39, 0.29) is 0 Å². The molecule has 3 saturated heterocycles. The van der Waals surface area contributed by atoms with Crippen LogP contribution in [0.2, 0.25) is 0 Å². The van der Waals surface area contributed by atoms with Crippen LogP contribution in [0.25, 0.3) is 0 Å². The lowest BCUT2D eigenvalue weighted by atomic mass is 9.76. The van der Waals surface area contributed by atoms with Crippen LogP contribution in [-0.2, 0) is 9.59 Å². The molecular weight excluding hydrogens is 314 g/mol. The molecule has 2 bridgehead atoms. The predicted octanol–water partition coefficient (Wildman–Crippen LogP) is 1.97. The van der Waals surface area contributed by atoms with Crippen molar-refractivity contribution < 1.29 is 9.59 Å². The highest BCUT2D eigenvalue weighted by Crippen LogP contribution is 2.38. The Balaban J connectivity index is 1.36. The second-order valence-electron chi connectivity index (χ2n) is 8.84. The Labute approximate surface area is 151 Å². The maximum Gasteiger partial charge on any atom is 0.236 e. The van der Waals surface area contributed by atoms with E-state index < -0.39 is 0 Å². The van der Waals surface area contributed by atoms with Gasteiger partial charge in [0.2, 0.25) is 11.8 Å².